The minimum atomic E-state index is -0.378. The molecule has 0 aromatic heterocycles. The van der Waals surface area contributed by atoms with Crippen molar-refractivity contribution in [3.05, 3.63) is 99.5 Å². The number of rotatable bonds is 6. The Kier molecular flexibility index (Phi) is 7.01. The van der Waals surface area contributed by atoms with Gasteiger partial charge >= 0.3 is 5.97 Å². The number of carbonyl (C=O) groups is 1. The fraction of sp³-hybridized carbons (Fsp3) is 0.192. The van der Waals surface area contributed by atoms with Crippen LogP contribution in [0.15, 0.2) is 77.3 Å². The van der Waals surface area contributed by atoms with E-state index in [0.29, 0.717) is 23.5 Å². The summed E-state index contributed by atoms with van der Waals surface area (Å²) < 4.78 is 11.4. The van der Waals surface area contributed by atoms with Gasteiger partial charge in [-0.15, -0.1) is 0 Å². The number of aromatic hydroxyl groups is 1. The lowest BCUT2D eigenvalue weighted by Gasteiger charge is -2.33. The Labute approximate surface area is 201 Å². The third-order valence-electron chi connectivity index (χ3n) is 5.45. The molecule has 0 bridgehead atoms. The molecule has 0 radical (unpaired) electrons. The average Bonchev–Trinajstić information content (AvgIpc) is 2.85. The van der Waals surface area contributed by atoms with Crippen molar-refractivity contribution < 1.29 is 19.4 Å². The first-order chi connectivity index (χ1) is 16.0. The van der Waals surface area contributed by atoms with E-state index in [0.717, 1.165) is 21.3 Å². The number of phenols is 1. The Hall–Kier alpha value is -3.29. The molecule has 7 heteroatoms. The first kappa shape index (κ1) is 22.9. The van der Waals surface area contributed by atoms with Crippen molar-refractivity contribution in [1.29, 1.82) is 0 Å². The zero-order valence-electron chi connectivity index (χ0n) is 18.3. The fourth-order valence-electron chi connectivity index (χ4n) is 3.83. The lowest BCUT2D eigenvalue weighted by Crippen LogP contribution is -2.39. The largest absolute Gasteiger partial charge is 0.504 e. The first-order valence-corrected chi connectivity index (χ1v) is 11.4. The van der Waals surface area contributed by atoms with E-state index < -0.39 is 0 Å². The van der Waals surface area contributed by atoms with Crippen LogP contribution < -0.4 is 15.4 Å². The SMILES string of the molecule is CCOc1cccc(C2C=C(c3cccc(Br)c3)NC(c3ccc(C(=O)OC)cc3)N2)c1O. The minimum absolute atomic E-state index is 0.114. The molecule has 0 saturated heterocycles. The monoisotopic (exact) mass is 508 g/mol. The summed E-state index contributed by atoms with van der Waals surface area (Å²) in [5.74, 6) is 0.187. The summed E-state index contributed by atoms with van der Waals surface area (Å²) in [6.45, 7) is 2.35. The number of hydrogen-bond acceptors (Lipinski definition) is 6. The van der Waals surface area contributed by atoms with Gasteiger partial charge in [-0.05, 0) is 54.5 Å². The summed E-state index contributed by atoms with van der Waals surface area (Å²) in [6.07, 6.45) is 1.78. The van der Waals surface area contributed by atoms with Crippen LogP contribution in [-0.2, 0) is 4.74 Å². The molecule has 1 aliphatic heterocycles. The summed E-state index contributed by atoms with van der Waals surface area (Å²) in [4.78, 5) is 11.8. The third-order valence-corrected chi connectivity index (χ3v) is 5.94. The highest BCUT2D eigenvalue weighted by Crippen LogP contribution is 2.38. The number of esters is 1. The molecule has 4 rings (SSSR count). The lowest BCUT2D eigenvalue weighted by atomic mass is 9.97. The molecule has 0 aliphatic carbocycles. The third kappa shape index (κ3) is 5.05. The second-order valence-electron chi connectivity index (χ2n) is 7.55. The molecule has 170 valence electrons. The van der Waals surface area contributed by atoms with Gasteiger partial charge in [0, 0.05) is 15.7 Å². The van der Waals surface area contributed by atoms with Crippen LogP contribution >= 0.6 is 15.9 Å². The standard InChI is InChI=1S/C26H25BrN2O4/c1-3-33-23-9-5-8-20(24(23)30)22-15-21(18-6-4-7-19(27)14-18)28-25(29-22)16-10-12-17(13-11-16)26(31)32-2/h4-15,22,25,28-30H,3H2,1-2H3. The first-order valence-electron chi connectivity index (χ1n) is 10.6. The van der Waals surface area contributed by atoms with Gasteiger partial charge in [0.2, 0.25) is 0 Å². The van der Waals surface area contributed by atoms with Crippen molar-refractivity contribution in [2.75, 3.05) is 13.7 Å². The Morgan fingerprint density at radius 3 is 2.55 bits per heavy atom. The van der Waals surface area contributed by atoms with Gasteiger partial charge in [0.15, 0.2) is 11.5 Å². The van der Waals surface area contributed by atoms with E-state index in [4.69, 9.17) is 9.47 Å². The number of nitrogens with one attached hydrogen (secondary N) is 2. The van der Waals surface area contributed by atoms with Gasteiger partial charge in [-0.2, -0.15) is 0 Å². The molecule has 1 aliphatic rings. The van der Waals surface area contributed by atoms with E-state index in [1.165, 1.54) is 7.11 Å². The van der Waals surface area contributed by atoms with E-state index >= 15 is 0 Å². The molecule has 2 unspecified atom stereocenters. The molecule has 0 fully saturated rings. The molecule has 2 atom stereocenters. The number of phenolic OH excluding ortho intramolecular Hbond substituents is 1. The minimum Gasteiger partial charge on any atom is -0.504 e. The number of methoxy groups -OCH3 is 1. The number of ether oxygens (including phenoxy) is 2. The molecule has 3 N–H and O–H groups in total. The van der Waals surface area contributed by atoms with E-state index in [1.54, 1.807) is 18.2 Å². The smallest absolute Gasteiger partial charge is 0.337 e. The van der Waals surface area contributed by atoms with E-state index in [9.17, 15) is 9.90 Å². The van der Waals surface area contributed by atoms with Crippen molar-refractivity contribution in [3.63, 3.8) is 0 Å². The van der Waals surface area contributed by atoms with Crippen LogP contribution in [0.25, 0.3) is 5.70 Å². The van der Waals surface area contributed by atoms with E-state index in [2.05, 4.69) is 26.6 Å². The van der Waals surface area contributed by atoms with Crippen LogP contribution in [-0.4, -0.2) is 24.8 Å². The van der Waals surface area contributed by atoms with Crippen LogP contribution in [0.2, 0.25) is 0 Å². The van der Waals surface area contributed by atoms with Crippen molar-refractivity contribution in [2.24, 2.45) is 0 Å². The van der Waals surface area contributed by atoms with Crippen LogP contribution in [0.4, 0.5) is 0 Å². The van der Waals surface area contributed by atoms with Crippen LogP contribution in [0.3, 0.4) is 0 Å². The summed E-state index contributed by atoms with van der Waals surface area (Å²) in [7, 11) is 1.36. The molecule has 0 spiro atoms. The zero-order chi connectivity index (χ0) is 23.4. The number of hydrogen-bond donors (Lipinski definition) is 3. The Morgan fingerprint density at radius 2 is 1.85 bits per heavy atom. The van der Waals surface area contributed by atoms with Gasteiger partial charge in [-0.3, -0.25) is 5.32 Å². The normalized spacial score (nSPS) is 17.6. The molecule has 1 heterocycles. The molecule has 0 amide bonds. The van der Waals surface area contributed by atoms with E-state index in [-0.39, 0.29) is 23.9 Å². The number of halogens is 1. The summed E-state index contributed by atoms with van der Waals surface area (Å²) >= 11 is 3.54. The van der Waals surface area contributed by atoms with Gasteiger partial charge in [0.25, 0.3) is 0 Å². The van der Waals surface area contributed by atoms with Crippen molar-refractivity contribution in [1.82, 2.24) is 10.6 Å². The highest BCUT2D eigenvalue weighted by Gasteiger charge is 2.27. The number of benzene rings is 3. The predicted molar refractivity (Wildman–Crippen MR) is 131 cm³/mol. The Bertz CT molecular complexity index is 1180. The molecular formula is C26H25BrN2O4. The van der Waals surface area contributed by atoms with Gasteiger partial charge < -0.3 is 19.9 Å². The molecule has 33 heavy (non-hydrogen) atoms. The summed E-state index contributed by atoms with van der Waals surface area (Å²) in [5, 5.41) is 18.0. The maximum atomic E-state index is 11.8. The van der Waals surface area contributed by atoms with Crippen molar-refractivity contribution in [2.45, 2.75) is 19.1 Å². The fourth-order valence-corrected chi connectivity index (χ4v) is 4.23. The molecule has 3 aromatic carbocycles. The summed E-state index contributed by atoms with van der Waals surface area (Å²) in [5.41, 5.74) is 4.06. The maximum Gasteiger partial charge on any atom is 0.337 e. The number of para-hydroxylation sites is 1. The van der Waals surface area contributed by atoms with Crippen molar-refractivity contribution >= 4 is 27.6 Å². The van der Waals surface area contributed by atoms with Gasteiger partial charge in [-0.25, -0.2) is 4.79 Å². The zero-order valence-corrected chi connectivity index (χ0v) is 19.9. The molecular weight excluding hydrogens is 484 g/mol. The Morgan fingerprint density at radius 1 is 1.09 bits per heavy atom. The second kappa shape index (κ2) is 10.1. The average molecular weight is 509 g/mol. The molecule has 0 saturated carbocycles. The quantitative estimate of drug-likeness (QED) is 0.391. The van der Waals surface area contributed by atoms with Crippen LogP contribution in [0.5, 0.6) is 11.5 Å². The second-order valence-corrected chi connectivity index (χ2v) is 8.47. The van der Waals surface area contributed by atoms with Crippen LogP contribution in [0.1, 0.15) is 46.2 Å². The topological polar surface area (TPSA) is 79.8 Å². The Balaban J connectivity index is 1.73. The van der Waals surface area contributed by atoms with Gasteiger partial charge in [0.1, 0.15) is 6.17 Å². The van der Waals surface area contributed by atoms with E-state index in [1.807, 2.05) is 61.5 Å². The highest BCUT2D eigenvalue weighted by molar-refractivity contribution is 9.10. The lowest BCUT2D eigenvalue weighted by molar-refractivity contribution is 0.0600. The summed E-state index contributed by atoms with van der Waals surface area (Å²) in [6, 6.07) is 20.5. The van der Waals surface area contributed by atoms with Gasteiger partial charge in [-0.1, -0.05) is 52.3 Å². The van der Waals surface area contributed by atoms with Crippen molar-refractivity contribution in [3.8, 4) is 11.5 Å². The number of carbonyl (C=O) groups excluding carboxylic acids is 1. The maximum absolute atomic E-state index is 11.8. The molecule has 3 aromatic rings. The predicted octanol–water partition coefficient (Wildman–Crippen LogP) is 5.31. The molecule has 6 nitrogen and oxygen atoms in total. The van der Waals surface area contributed by atoms with Crippen LogP contribution in [0, 0.1) is 0 Å². The highest BCUT2D eigenvalue weighted by atomic mass is 79.9. The van der Waals surface area contributed by atoms with Gasteiger partial charge in [0.05, 0.1) is 25.3 Å².